The van der Waals surface area contributed by atoms with E-state index in [9.17, 15) is 14.4 Å². The van der Waals surface area contributed by atoms with Gasteiger partial charge in [0.05, 0.1) is 14.2 Å². The summed E-state index contributed by atoms with van der Waals surface area (Å²) in [7, 11) is 2.46. The van der Waals surface area contributed by atoms with Gasteiger partial charge < -0.3 is 14.3 Å². The van der Waals surface area contributed by atoms with E-state index in [-0.39, 0.29) is 18.3 Å². The molecule has 5 heteroatoms. The molecule has 0 unspecified atom stereocenters. The number of carbonyl (C=O) groups is 3. The predicted octanol–water partition coefficient (Wildman–Crippen LogP) is 3.23. The Balaban J connectivity index is 5.45. The van der Waals surface area contributed by atoms with Crippen LogP contribution in [0.4, 0.5) is 0 Å². The van der Waals surface area contributed by atoms with Crippen LogP contribution >= 0.6 is 0 Å². The zero-order chi connectivity index (χ0) is 19.3. The maximum Gasteiger partial charge on any atom is 0.324 e. The quantitative estimate of drug-likeness (QED) is 0.168. The molecule has 0 radical (unpaired) electrons. The molecule has 0 N–H and O–H groups in total. The predicted molar refractivity (Wildman–Crippen MR) is 95.5 cm³/mol. The van der Waals surface area contributed by atoms with Crippen LogP contribution < -0.4 is 0 Å². The molecule has 0 saturated carbocycles. The third kappa shape index (κ3) is 8.37. The molecule has 0 fully saturated rings. The lowest BCUT2D eigenvalue weighted by molar-refractivity contribution is -0.168. The van der Waals surface area contributed by atoms with E-state index >= 15 is 0 Å². The summed E-state index contributed by atoms with van der Waals surface area (Å²) < 4.78 is 9.64. The summed E-state index contributed by atoms with van der Waals surface area (Å²) in [4.78, 5) is 34.9. The van der Waals surface area contributed by atoms with Gasteiger partial charge in [0, 0.05) is 25.7 Å². The summed E-state index contributed by atoms with van der Waals surface area (Å²) in [5, 5.41) is 0. The van der Waals surface area contributed by atoms with E-state index in [0.29, 0.717) is 19.3 Å². The first-order valence-corrected chi connectivity index (χ1v) is 8.22. The minimum absolute atomic E-state index is 0.0128. The number of esters is 2. The van der Waals surface area contributed by atoms with E-state index in [0.717, 1.165) is 6.29 Å². The van der Waals surface area contributed by atoms with E-state index in [2.05, 4.69) is 17.6 Å². The molecule has 0 atom stereocenters. The van der Waals surface area contributed by atoms with Gasteiger partial charge in [0.25, 0.3) is 0 Å². The van der Waals surface area contributed by atoms with Crippen molar-refractivity contribution in [2.24, 2.45) is 10.8 Å². The normalized spacial score (nSPS) is 10.6. The third-order valence-corrected chi connectivity index (χ3v) is 3.38. The number of rotatable bonds is 8. The van der Waals surface area contributed by atoms with Crippen molar-refractivity contribution in [3.8, 4) is 11.8 Å². The number of hydrogen-bond acceptors (Lipinski definition) is 5. The first-order valence-electron chi connectivity index (χ1n) is 8.22. The first kappa shape index (κ1) is 22.7. The van der Waals surface area contributed by atoms with Crippen LogP contribution in [0, 0.1) is 22.7 Å². The lowest BCUT2D eigenvalue weighted by Crippen LogP contribution is -2.40. The van der Waals surface area contributed by atoms with Crippen LogP contribution in [-0.2, 0) is 23.9 Å². The summed E-state index contributed by atoms with van der Waals surface area (Å²) >= 11 is 0. The van der Waals surface area contributed by atoms with Crippen LogP contribution in [-0.4, -0.2) is 32.4 Å². The number of ether oxygens (including phenoxy) is 2. The summed E-state index contributed by atoms with van der Waals surface area (Å²) in [6.45, 7) is 6.06. The fraction of sp³-hybridized carbons (Fsp3) is 0.600. The molecule has 138 valence electrons. The minimum atomic E-state index is -1.51. The fourth-order valence-electron chi connectivity index (χ4n) is 1.97. The SMILES string of the molecule is COC(=O)C(CC#CCCCC=O)(CC=C=CC(C)(C)C)C(=O)OC. The first-order chi connectivity index (χ1) is 11.7. The lowest BCUT2D eigenvalue weighted by atomic mass is 9.81. The van der Waals surface area contributed by atoms with Gasteiger partial charge in [-0.25, -0.2) is 0 Å². The Morgan fingerprint density at radius 3 is 2.12 bits per heavy atom. The van der Waals surface area contributed by atoms with Crippen molar-refractivity contribution in [1.29, 1.82) is 0 Å². The number of aldehydes is 1. The Morgan fingerprint density at radius 2 is 1.64 bits per heavy atom. The summed E-state index contributed by atoms with van der Waals surface area (Å²) in [6.07, 6.45) is 6.01. The largest absolute Gasteiger partial charge is 0.468 e. The zero-order valence-corrected chi connectivity index (χ0v) is 15.8. The molecule has 0 aromatic heterocycles. The Labute approximate surface area is 150 Å². The highest BCUT2D eigenvalue weighted by Gasteiger charge is 2.47. The molecular formula is C20H28O5. The molecule has 0 aliphatic carbocycles. The second kappa shape index (κ2) is 11.3. The van der Waals surface area contributed by atoms with Gasteiger partial charge >= 0.3 is 11.9 Å². The second-order valence-corrected chi connectivity index (χ2v) is 6.74. The number of hydrogen-bond donors (Lipinski definition) is 0. The van der Waals surface area contributed by atoms with E-state index in [4.69, 9.17) is 9.47 Å². The highest BCUT2D eigenvalue weighted by atomic mass is 16.5. The molecule has 0 rings (SSSR count). The van der Waals surface area contributed by atoms with Gasteiger partial charge in [-0.05, 0) is 24.0 Å². The maximum absolute atomic E-state index is 12.3. The van der Waals surface area contributed by atoms with Crippen LogP contribution in [0.1, 0.15) is 52.9 Å². The molecule has 0 aromatic carbocycles. The molecular weight excluding hydrogens is 320 g/mol. The van der Waals surface area contributed by atoms with Crippen molar-refractivity contribution in [2.45, 2.75) is 52.9 Å². The maximum atomic E-state index is 12.3. The van der Waals surface area contributed by atoms with Crippen LogP contribution in [0.5, 0.6) is 0 Å². The summed E-state index contributed by atoms with van der Waals surface area (Å²) in [5.41, 5.74) is 1.43. The topological polar surface area (TPSA) is 69.7 Å². The molecule has 0 heterocycles. The van der Waals surface area contributed by atoms with Crippen LogP contribution in [0.15, 0.2) is 17.9 Å². The number of allylic oxidation sites excluding steroid dienone is 1. The Kier molecular flexibility index (Phi) is 10.2. The van der Waals surface area contributed by atoms with Crippen molar-refractivity contribution in [1.82, 2.24) is 0 Å². The van der Waals surface area contributed by atoms with Gasteiger partial charge in [-0.2, -0.15) is 0 Å². The van der Waals surface area contributed by atoms with Crippen LogP contribution in [0.2, 0.25) is 0 Å². The van der Waals surface area contributed by atoms with E-state index < -0.39 is 17.4 Å². The molecule has 0 bridgehead atoms. The Bertz CT molecular complexity index is 561. The van der Waals surface area contributed by atoms with Gasteiger partial charge in [-0.1, -0.05) is 20.8 Å². The Hall–Kier alpha value is -2.31. The number of unbranched alkanes of at least 4 members (excludes halogenated alkanes) is 2. The molecule has 0 saturated heterocycles. The van der Waals surface area contributed by atoms with Gasteiger partial charge in [0.15, 0.2) is 5.41 Å². The van der Waals surface area contributed by atoms with Crippen molar-refractivity contribution in [3.63, 3.8) is 0 Å². The van der Waals surface area contributed by atoms with Gasteiger partial charge in [0.1, 0.15) is 6.29 Å². The number of carbonyl (C=O) groups excluding carboxylic acids is 3. The Morgan fingerprint density at radius 1 is 1.04 bits per heavy atom. The molecule has 0 aliphatic heterocycles. The van der Waals surface area contributed by atoms with Crippen LogP contribution in [0.25, 0.3) is 0 Å². The molecule has 0 aliphatic rings. The standard InChI is InChI=1S/C20H28O5/c1-19(2,3)13-10-11-15-20(17(22)24-4,18(23)25-5)14-9-7-6-8-12-16-21/h11,13,16H,6,8,12,14-15H2,1-5H3. The highest BCUT2D eigenvalue weighted by molar-refractivity contribution is 6.00. The molecule has 5 nitrogen and oxygen atoms in total. The average Bonchev–Trinajstić information content (AvgIpc) is 2.57. The summed E-state index contributed by atoms with van der Waals surface area (Å²) in [6, 6.07) is 0. The van der Waals surface area contributed by atoms with E-state index in [1.54, 1.807) is 6.08 Å². The monoisotopic (exact) mass is 348 g/mol. The zero-order valence-electron chi connectivity index (χ0n) is 15.8. The van der Waals surface area contributed by atoms with Crippen molar-refractivity contribution in [3.05, 3.63) is 17.9 Å². The fourth-order valence-corrected chi connectivity index (χ4v) is 1.97. The van der Waals surface area contributed by atoms with Crippen molar-refractivity contribution < 1.29 is 23.9 Å². The van der Waals surface area contributed by atoms with Gasteiger partial charge in [-0.15, -0.1) is 17.6 Å². The van der Waals surface area contributed by atoms with Gasteiger partial charge in [0.2, 0.25) is 0 Å². The van der Waals surface area contributed by atoms with E-state index in [1.165, 1.54) is 14.2 Å². The molecule has 0 spiro atoms. The number of methoxy groups -OCH3 is 2. The average molecular weight is 348 g/mol. The van der Waals surface area contributed by atoms with Gasteiger partial charge in [-0.3, -0.25) is 9.59 Å². The third-order valence-electron chi connectivity index (χ3n) is 3.38. The summed E-state index contributed by atoms with van der Waals surface area (Å²) in [5.74, 6) is 4.36. The van der Waals surface area contributed by atoms with Crippen LogP contribution in [0.3, 0.4) is 0 Å². The van der Waals surface area contributed by atoms with Crippen molar-refractivity contribution in [2.75, 3.05) is 14.2 Å². The molecule has 25 heavy (non-hydrogen) atoms. The molecule has 0 aromatic rings. The smallest absolute Gasteiger partial charge is 0.324 e. The minimum Gasteiger partial charge on any atom is -0.468 e. The highest BCUT2D eigenvalue weighted by Crippen LogP contribution is 2.30. The lowest BCUT2D eigenvalue weighted by Gasteiger charge is -2.24. The second-order valence-electron chi connectivity index (χ2n) is 6.74. The van der Waals surface area contributed by atoms with Crippen molar-refractivity contribution >= 4 is 18.2 Å². The molecule has 0 amide bonds. The van der Waals surface area contributed by atoms with E-state index in [1.807, 2.05) is 26.8 Å².